The van der Waals surface area contributed by atoms with E-state index in [-0.39, 0.29) is 17.9 Å². The van der Waals surface area contributed by atoms with Crippen LogP contribution in [0.2, 0.25) is 0 Å². The summed E-state index contributed by atoms with van der Waals surface area (Å²) in [6, 6.07) is -0.255. The zero-order valence-electron chi connectivity index (χ0n) is 12.3. The molecule has 3 heterocycles. The first-order valence-electron chi connectivity index (χ1n) is 7.56. The van der Waals surface area contributed by atoms with E-state index in [1.165, 1.54) is 0 Å². The molecule has 2 atom stereocenters. The monoisotopic (exact) mass is 314 g/mol. The highest BCUT2D eigenvalue weighted by Gasteiger charge is 2.28. The summed E-state index contributed by atoms with van der Waals surface area (Å²) in [6.07, 6.45) is 4.34. The van der Waals surface area contributed by atoms with Gasteiger partial charge in [0.15, 0.2) is 0 Å². The van der Waals surface area contributed by atoms with Crippen molar-refractivity contribution in [2.75, 3.05) is 12.4 Å². The predicted molar refractivity (Wildman–Crippen MR) is 77.2 cm³/mol. The van der Waals surface area contributed by atoms with Gasteiger partial charge in [-0.25, -0.2) is 22.8 Å². The van der Waals surface area contributed by atoms with E-state index in [0.29, 0.717) is 12.2 Å². The number of fused-ring (bicyclic) bond motifs is 1. The molecule has 1 aromatic heterocycles. The SMILES string of the molecule is Cc1nc2n(n1)CCC[C@@H]2NS(=O)(=O)CC[C@H]1CCCO1. The lowest BCUT2D eigenvalue weighted by molar-refractivity contribution is 0.108. The number of hydrogen-bond donors (Lipinski definition) is 1. The van der Waals surface area contributed by atoms with Crippen molar-refractivity contribution in [3.05, 3.63) is 11.6 Å². The molecule has 0 saturated carbocycles. The van der Waals surface area contributed by atoms with Gasteiger partial charge in [0.05, 0.1) is 17.9 Å². The molecule has 21 heavy (non-hydrogen) atoms. The minimum absolute atomic E-state index is 0.0961. The summed E-state index contributed by atoms with van der Waals surface area (Å²) >= 11 is 0. The first-order valence-corrected chi connectivity index (χ1v) is 9.22. The van der Waals surface area contributed by atoms with Crippen LogP contribution in [0.15, 0.2) is 0 Å². The molecule has 3 rings (SSSR count). The number of nitrogens with one attached hydrogen (secondary N) is 1. The van der Waals surface area contributed by atoms with E-state index in [9.17, 15) is 8.42 Å². The van der Waals surface area contributed by atoms with Crippen molar-refractivity contribution in [2.24, 2.45) is 0 Å². The van der Waals surface area contributed by atoms with E-state index >= 15 is 0 Å². The summed E-state index contributed by atoms with van der Waals surface area (Å²) in [5, 5.41) is 4.29. The zero-order chi connectivity index (χ0) is 14.9. The molecular formula is C13H22N4O3S. The Morgan fingerprint density at radius 3 is 3.00 bits per heavy atom. The van der Waals surface area contributed by atoms with Gasteiger partial charge >= 0.3 is 0 Å². The van der Waals surface area contributed by atoms with Crippen LogP contribution in [0.3, 0.4) is 0 Å². The molecule has 1 N–H and O–H groups in total. The highest BCUT2D eigenvalue weighted by molar-refractivity contribution is 7.89. The van der Waals surface area contributed by atoms with Gasteiger partial charge in [-0.1, -0.05) is 0 Å². The topological polar surface area (TPSA) is 86.1 Å². The van der Waals surface area contributed by atoms with Crippen LogP contribution in [-0.2, 0) is 21.3 Å². The van der Waals surface area contributed by atoms with Gasteiger partial charge in [-0.15, -0.1) is 0 Å². The molecule has 8 heteroatoms. The lowest BCUT2D eigenvalue weighted by atomic mass is 10.1. The van der Waals surface area contributed by atoms with Crippen molar-refractivity contribution in [3.63, 3.8) is 0 Å². The molecule has 0 radical (unpaired) electrons. The van der Waals surface area contributed by atoms with Crippen LogP contribution in [0, 0.1) is 6.92 Å². The van der Waals surface area contributed by atoms with Crippen molar-refractivity contribution in [2.45, 2.75) is 57.7 Å². The van der Waals surface area contributed by atoms with Crippen molar-refractivity contribution in [1.82, 2.24) is 19.5 Å². The third-order valence-electron chi connectivity index (χ3n) is 4.03. The van der Waals surface area contributed by atoms with E-state index in [2.05, 4.69) is 14.8 Å². The zero-order valence-corrected chi connectivity index (χ0v) is 13.1. The number of aryl methyl sites for hydroxylation is 2. The molecule has 0 unspecified atom stereocenters. The second-order valence-electron chi connectivity index (χ2n) is 5.80. The average Bonchev–Trinajstić information content (AvgIpc) is 3.05. The molecule has 7 nitrogen and oxygen atoms in total. The third kappa shape index (κ3) is 3.61. The highest BCUT2D eigenvalue weighted by Crippen LogP contribution is 2.24. The largest absolute Gasteiger partial charge is 0.378 e. The summed E-state index contributed by atoms with van der Waals surface area (Å²) < 4.78 is 34.6. The second kappa shape index (κ2) is 6.02. The molecule has 0 aromatic carbocycles. The maximum absolute atomic E-state index is 12.2. The maximum Gasteiger partial charge on any atom is 0.212 e. The summed E-state index contributed by atoms with van der Waals surface area (Å²) in [4.78, 5) is 4.35. The van der Waals surface area contributed by atoms with Crippen molar-refractivity contribution >= 4 is 10.0 Å². The van der Waals surface area contributed by atoms with E-state index < -0.39 is 10.0 Å². The van der Waals surface area contributed by atoms with Crippen LogP contribution in [0.25, 0.3) is 0 Å². The normalized spacial score (nSPS) is 26.0. The molecule has 1 fully saturated rings. The fourth-order valence-corrected chi connectivity index (χ4v) is 4.36. The quantitative estimate of drug-likeness (QED) is 0.873. The van der Waals surface area contributed by atoms with Gasteiger partial charge < -0.3 is 4.74 Å². The van der Waals surface area contributed by atoms with E-state index in [1.54, 1.807) is 0 Å². The molecule has 2 aliphatic heterocycles. The fraction of sp³-hybridized carbons (Fsp3) is 0.846. The van der Waals surface area contributed by atoms with Gasteiger partial charge in [0, 0.05) is 13.2 Å². The highest BCUT2D eigenvalue weighted by atomic mass is 32.2. The number of sulfonamides is 1. The Labute approximate surface area is 125 Å². The van der Waals surface area contributed by atoms with Crippen molar-refractivity contribution < 1.29 is 13.2 Å². The second-order valence-corrected chi connectivity index (χ2v) is 7.67. The summed E-state index contributed by atoms with van der Waals surface area (Å²) in [5.74, 6) is 1.54. The van der Waals surface area contributed by atoms with E-state index in [4.69, 9.17) is 4.74 Å². The summed E-state index contributed by atoms with van der Waals surface area (Å²) in [5.41, 5.74) is 0. The Morgan fingerprint density at radius 1 is 1.38 bits per heavy atom. The lowest BCUT2D eigenvalue weighted by Crippen LogP contribution is -2.35. The number of hydrogen-bond acceptors (Lipinski definition) is 5. The summed E-state index contributed by atoms with van der Waals surface area (Å²) in [6.45, 7) is 3.39. The van der Waals surface area contributed by atoms with Crippen LogP contribution >= 0.6 is 0 Å². The van der Waals surface area contributed by atoms with Gasteiger partial charge in [-0.3, -0.25) is 0 Å². The van der Waals surface area contributed by atoms with Crippen LogP contribution < -0.4 is 4.72 Å². The minimum atomic E-state index is -3.31. The van der Waals surface area contributed by atoms with Crippen LogP contribution in [-0.4, -0.2) is 41.6 Å². The number of ether oxygens (including phenoxy) is 1. The summed E-state index contributed by atoms with van der Waals surface area (Å²) in [7, 11) is -3.31. The van der Waals surface area contributed by atoms with Gasteiger partial charge in [0.1, 0.15) is 11.6 Å². The number of nitrogens with zero attached hydrogens (tertiary/aromatic N) is 3. The smallest absolute Gasteiger partial charge is 0.212 e. The predicted octanol–water partition coefficient (Wildman–Crippen LogP) is 0.910. The molecule has 0 spiro atoms. The van der Waals surface area contributed by atoms with Crippen molar-refractivity contribution in [3.8, 4) is 0 Å². The van der Waals surface area contributed by atoms with E-state index in [1.807, 2.05) is 11.6 Å². The third-order valence-corrected chi connectivity index (χ3v) is 5.45. The molecule has 1 aromatic rings. The van der Waals surface area contributed by atoms with E-state index in [0.717, 1.165) is 44.7 Å². The Balaban J connectivity index is 1.62. The Kier molecular flexibility index (Phi) is 4.28. The fourth-order valence-electron chi connectivity index (χ4n) is 3.01. The molecule has 2 aliphatic rings. The lowest BCUT2D eigenvalue weighted by Gasteiger charge is -2.23. The molecular weight excluding hydrogens is 292 g/mol. The Hall–Kier alpha value is -0.990. The first-order chi connectivity index (χ1) is 10.0. The van der Waals surface area contributed by atoms with Crippen LogP contribution in [0.1, 0.15) is 49.8 Å². The standard InChI is InChI=1S/C13H22N4O3S/c1-10-14-13-12(5-2-7-17(13)15-10)16-21(18,19)9-6-11-4-3-8-20-11/h11-12,16H,2-9H2,1H3/t11-,12+/m1/s1. The molecule has 1 saturated heterocycles. The molecule has 0 bridgehead atoms. The Bertz CT molecular complexity index is 593. The van der Waals surface area contributed by atoms with Gasteiger partial charge in [0.25, 0.3) is 0 Å². The first kappa shape index (κ1) is 14.9. The van der Waals surface area contributed by atoms with Crippen molar-refractivity contribution in [1.29, 1.82) is 0 Å². The minimum Gasteiger partial charge on any atom is -0.378 e. The Morgan fingerprint density at radius 2 is 2.24 bits per heavy atom. The molecule has 0 aliphatic carbocycles. The number of rotatable bonds is 5. The maximum atomic E-state index is 12.2. The van der Waals surface area contributed by atoms with Gasteiger partial charge in [-0.2, -0.15) is 5.10 Å². The van der Waals surface area contributed by atoms with Gasteiger partial charge in [-0.05, 0) is 39.0 Å². The average molecular weight is 314 g/mol. The van der Waals surface area contributed by atoms with Crippen LogP contribution in [0.5, 0.6) is 0 Å². The van der Waals surface area contributed by atoms with Crippen LogP contribution in [0.4, 0.5) is 0 Å². The molecule has 118 valence electrons. The van der Waals surface area contributed by atoms with Gasteiger partial charge in [0.2, 0.25) is 10.0 Å². The molecule has 0 amide bonds. The number of aromatic nitrogens is 3.